The highest BCUT2D eigenvalue weighted by Crippen LogP contribution is 2.29. The van der Waals surface area contributed by atoms with E-state index in [1.165, 1.54) is 0 Å². The Morgan fingerprint density at radius 2 is 2.04 bits per heavy atom. The van der Waals surface area contributed by atoms with Gasteiger partial charge in [-0.05, 0) is 18.4 Å². The number of methoxy groups -OCH3 is 1. The normalized spacial score (nSPS) is 20.3. The van der Waals surface area contributed by atoms with Crippen LogP contribution in [-0.2, 0) is 11.8 Å². The fraction of sp³-hybridized carbons (Fsp3) is 0.421. The number of aromatic nitrogens is 4. The summed E-state index contributed by atoms with van der Waals surface area (Å²) in [6.45, 7) is 0.544. The van der Waals surface area contributed by atoms with Crippen LogP contribution in [0.4, 0.5) is 11.8 Å². The smallest absolute Gasteiger partial charge is 0.226 e. The van der Waals surface area contributed by atoms with Gasteiger partial charge >= 0.3 is 0 Å². The Hall–Kier alpha value is -2.71. The zero-order chi connectivity index (χ0) is 18.8. The average Bonchev–Trinajstić information content (AvgIpc) is 3.04. The van der Waals surface area contributed by atoms with Gasteiger partial charge in [-0.3, -0.25) is 4.68 Å². The average molecular weight is 367 g/mol. The highest BCUT2D eigenvalue weighted by atomic mass is 16.5. The number of anilines is 2. The highest BCUT2D eigenvalue weighted by Gasteiger charge is 2.30. The summed E-state index contributed by atoms with van der Waals surface area (Å²) in [5.74, 6) is 1.34. The molecule has 1 aliphatic rings. The minimum Gasteiger partial charge on any atom is -0.381 e. The first kappa shape index (κ1) is 17.7. The summed E-state index contributed by atoms with van der Waals surface area (Å²) in [6.07, 6.45) is 4.08. The molecule has 1 atom stereocenters. The van der Waals surface area contributed by atoms with E-state index in [2.05, 4.69) is 25.7 Å². The molecule has 2 aromatic heterocycles. The number of benzene rings is 1. The largest absolute Gasteiger partial charge is 0.381 e. The number of rotatable bonds is 7. The van der Waals surface area contributed by atoms with Crippen LogP contribution in [0, 0.1) is 0 Å². The molecule has 8 nitrogen and oxygen atoms in total. The standard InChI is InChI=1S/C19H25N7O/c1-26-18-15(10-22-26)17(23-13-8-14(9-13)27-2)24-19(25-18)21-11-16(20)12-6-4-3-5-7-12/h3-7,10,13-14,16H,8-9,11,20H2,1-2H3,(H2,21,23,24,25). The predicted molar refractivity (Wildman–Crippen MR) is 106 cm³/mol. The maximum atomic E-state index is 6.28. The molecule has 4 N–H and O–H groups in total. The van der Waals surface area contributed by atoms with Gasteiger partial charge in [0.2, 0.25) is 5.95 Å². The molecular weight excluding hydrogens is 342 g/mol. The number of aryl methyl sites for hydroxylation is 1. The van der Waals surface area contributed by atoms with Crippen molar-refractivity contribution in [2.24, 2.45) is 12.8 Å². The first-order chi connectivity index (χ1) is 13.1. The molecule has 0 saturated heterocycles. The van der Waals surface area contributed by atoms with E-state index < -0.39 is 0 Å². The molecule has 4 rings (SSSR count). The third kappa shape index (κ3) is 3.72. The van der Waals surface area contributed by atoms with E-state index in [1.807, 2.05) is 37.4 Å². The first-order valence-electron chi connectivity index (χ1n) is 9.17. The van der Waals surface area contributed by atoms with Crippen molar-refractivity contribution in [1.82, 2.24) is 19.7 Å². The van der Waals surface area contributed by atoms with Crippen LogP contribution in [0.1, 0.15) is 24.4 Å². The lowest BCUT2D eigenvalue weighted by molar-refractivity contribution is 0.0328. The van der Waals surface area contributed by atoms with Crippen molar-refractivity contribution in [3.63, 3.8) is 0 Å². The van der Waals surface area contributed by atoms with Crippen LogP contribution in [0.25, 0.3) is 11.0 Å². The molecule has 2 heterocycles. The van der Waals surface area contributed by atoms with E-state index in [4.69, 9.17) is 10.5 Å². The van der Waals surface area contributed by atoms with E-state index in [0.717, 1.165) is 35.3 Å². The maximum absolute atomic E-state index is 6.28. The van der Waals surface area contributed by atoms with E-state index in [1.54, 1.807) is 18.0 Å². The highest BCUT2D eigenvalue weighted by molar-refractivity contribution is 5.87. The van der Waals surface area contributed by atoms with Crippen molar-refractivity contribution in [3.8, 4) is 0 Å². The van der Waals surface area contributed by atoms with Gasteiger partial charge in [0.1, 0.15) is 5.82 Å². The summed E-state index contributed by atoms with van der Waals surface area (Å²) >= 11 is 0. The molecule has 0 spiro atoms. The van der Waals surface area contributed by atoms with Crippen molar-refractivity contribution in [3.05, 3.63) is 42.1 Å². The van der Waals surface area contributed by atoms with Crippen LogP contribution in [0.2, 0.25) is 0 Å². The maximum Gasteiger partial charge on any atom is 0.226 e. The van der Waals surface area contributed by atoms with Gasteiger partial charge in [-0.2, -0.15) is 15.1 Å². The topological polar surface area (TPSA) is 103 Å². The molecule has 27 heavy (non-hydrogen) atoms. The van der Waals surface area contributed by atoms with Crippen LogP contribution < -0.4 is 16.4 Å². The second-order valence-corrected chi connectivity index (χ2v) is 6.97. The van der Waals surface area contributed by atoms with Gasteiger partial charge in [0, 0.05) is 32.8 Å². The number of hydrogen-bond acceptors (Lipinski definition) is 7. The molecule has 0 amide bonds. The first-order valence-corrected chi connectivity index (χ1v) is 9.17. The Morgan fingerprint density at radius 3 is 2.78 bits per heavy atom. The molecule has 0 radical (unpaired) electrons. The monoisotopic (exact) mass is 367 g/mol. The lowest BCUT2D eigenvalue weighted by Gasteiger charge is -2.35. The lowest BCUT2D eigenvalue weighted by Crippen LogP contribution is -2.40. The Kier molecular flexibility index (Phi) is 4.91. The van der Waals surface area contributed by atoms with Crippen molar-refractivity contribution in [2.45, 2.75) is 31.0 Å². The second kappa shape index (κ2) is 7.50. The van der Waals surface area contributed by atoms with Gasteiger partial charge in [0.25, 0.3) is 0 Å². The van der Waals surface area contributed by atoms with Gasteiger partial charge in [0.15, 0.2) is 5.65 Å². The summed E-state index contributed by atoms with van der Waals surface area (Å²) in [7, 11) is 3.63. The van der Waals surface area contributed by atoms with E-state index in [0.29, 0.717) is 24.6 Å². The number of nitrogens with zero attached hydrogens (tertiary/aromatic N) is 4. The molecule has 1 aromatic carbocycles. The minimum absolute atomic E-state index is 0.137. The Bertz CT molecular complexity index is 905. The van der Waals surface area contributed by atoms with Crippen LogP contribution >= 0.6 is 0 Å². The van der Waals surface area contributed by atoms with Crippen LogP contribution in [-0.4, -0.2) is 45.5 Å². The summed E-state index contributed by atoms with van der Waals surface area (Å²) in [4.78, 5) is 9.27. The molecule has 8 heteroatoms. The second-order valence-electron chi connectivity index (χ2n) is 6.97. The molecule has 142 valence electrons. The molecular formula is C19H25N7O. The van der Waals surface area contributed by atoms with Crippen molar-refractivity contribution < 1.29 is 4.74 Å². The molecule has 3 aromatic rings. The third-order valence-corrected chi connectivity index (χ3v) is 5.07. The van der Waals surface area contributed by atoms with Gasteiger partial charge in [-0.1, -0.05) is 30.3 Å². The Morgan fingerprint density at radius 1 is 1.26 bits per heavy atom. The summed E-state index contributed by atoms with van der Waals surface area (Å²) < 4.78 is 7.11. The number of ether oxygens (including phenoxy) is 1. The zero-order valence-corrected chi connectivity index (χ0v) is 15.6. The van der Waals surface area contributed by atoms with Gasteiger partial charge in [0.05, 0.1) is 17.7 Å². The molecule has 1 aliphatic carbocycles. The Balaban J connectivity index is 1.51. The number of fused-ring (bicyclic) bond motifs is 1. The number of nitrogens with one attached hydrogen (secondary N) is 2. The van der Waals surface area contributed by atoms with Crippen molar-refractivity contribution in [2.75, 3.05) is 24.3 Å². The number of hydrogen-bond donors (Lipinski definition) is 3. The SMILES string of the molecule is COC1CC(Nc2nc(NCC(N)c3ccccc3)nc3c2cnn3C)C1. The van der Waals surface area contributed by atoms with E-state index >= 15 is 0 Å². The summed E-state index contributed by atoms with van der Waals surface area (Å²) in [5, 5.41) is 12.0. The van der Waals surface area contributed by atoms with Gasteiger partial charge < -0.3 is 21.1 Å². The van der Waals surface area contributed by atoms with E-state index in [9.17, 15) is 0 Å². The van der Waals surface area contributed by atoms with Crippen LogP contribution in [0.5, 0.6) is 0 Å². The fourth-order valence-electron chi connectivity index (χ4n) is 3.30. The fourth-order valence-corrected chi connectivity index (χ4v) is 3.30. The number of nitrogens with two attached hydrogens (primary N) is 1. The van der Waals surface area contributed by atoms with Crippen LogP contribution in [0.3, 0.4) is 0 Å². The summed E-state index contributed by atoms with van der Waals surface area (Å²) in [5.41, 5.74) is 8.14. The predicted octanol–water partition coefficient (Wildman–Crippen LogP) is 2.06. The zero-order valence-electron chi connectivity index (χ0n) is 15.6. The Labute approximate surface area is 158 Å². The third-order valence-electron chi connectivity index (χ3n) is 5.07. The molecule has 0 aliphatic heterocycles. The van der Waals surface area contributed by atoms with Gasteiger partial charge in [-0.25, -0.2) is 0 Å². The molecule has 0 bridgehead atoms. The molecule has 1 saturated carbocycles. The summed E-state index contributed by atoms with van der Waals surface area (Å²) in [6, 6.07) is 10.2. The minimum atomic E-state index is -0.137. The molecule has 1 unspecified atom stereocenters. The lowest BCUT2D eigenvalue weighted by atomic mass is 9.89. The van der Waals surface area contributed by atoms with E-state index in [-0.39, 0.29) is 6.04 Å². The van der Waals surface area contributed by atoms with Crippen LogP contribution in [0.15, 0.2) is 36.5 Å². The molecule has 1 fully saturated rings. The van der Waals surface area contributed by atoms with Gasteiger partial charge in [-0.15, -0.1) is 0 Å². The van der Waals surface area contributed by atoms with Crippen molar-refractivity contribution >= 4 is 22.8 Å². The quantitative estimate of drug-likeness (QED) is 0.587. The van der Waals surface area contributed by atoms with Crippen molar-refractivity contribution in [1.29, 1.82) is 0 Å².